The molecule has 1 aliphatic rings. The second-order valence-corrected chi connectivity index (χ2v) is 4.77. The van der Waals surface area contributed by atoms with Crippen molar-refractivity contribution in [1.29, 1.82) is 0 Å². The predicted molar refractivity (Wildman–Crippen MR) is 68.3 cm³/mol. The first-order chi connectivity index (χ1) is 8.66. The van der Waals surface area contributed by atoms with Crippen LogP contribution in [0, 0.1) is 5.82 Å². The van der Waals surface area contributed by atoms with Gasteiger partial charge in [-0.2, -0.15) is 0 Å². The van der Waals surface area contributed by atoms with Crippen LogP contribution in [0.3, 0.4) is 0 Å². The molecule has 1 fully saturated rings. The van der Waals surface area contributed by atoms with E-state index in [-0.39, 0.29) is 11.9 Å². The second kappa shape index (κ2) is 6.16. The molecule has 0 spiro atoms. The summed E-state index contributed by atoms with van der Waals surface area (Å²) < 4.78 is 24.4. The van der Waals surface area contributed by atoms with Crippen molar-refractivity contribution < 1.29 is 13.9 Å². The van der Waals surface area contributed by atoms with Crippen molar-refractivity contribution in [3.8, 4) is 5.75 Å². The molecule has 2 rings (SSSR count). The van der Waals surface area contributed by atoms with E-state index in [2.05, 4.69) is 18.7 Å². The van der Waals surface area contributed by atoms with Crippen LogP contribution in [-0.4, -0.2) is 43.3 Å². The molecule has 0 amide bonds. The minimum Gasteiger partial charge on any atom is -0.489 e. The van der Waals surface area contributed by atoms with E-state index in [9.17, 15) is 4.39 Å². The molecule has 3 nitrogen and oxygen atoms in total. The van der Waals surface area contributed by atoms with Gasteiger partial charge in [0, 0.05) is 19.1 Å². The van der Waals surface area contributed by atoms with Crippen LogP contribution in [0.1, 0.15) is 13.8 Å². The lowest BCUT2D eigenvalue weighted by Gasteiger charge is -2.36. The number of hydrogen-bond acceptors (Lipinski definition) is 3. The number of hydrogen-bond donors (Lipinski definition) is 0. The molecule has 1 saturated heterocycles. The van der Waals surface area contributed by atoms with Gasteiger partial charge < -0.3 is 9.47 Å². The predicted octanol–water partition coefficient (Wildman–Crippen LogP) is 2.31. The Morgan fingerprint density at radius 3 is 2.94 bits per heavy atom. The molecular weight excluding hydrogens is 233 g/mol. The number of benzene rings is 1. The van der Waals surface area contributed by atoms with Crippen molar-refractivity contribution in [3.63, 3.8) is 0 Å². The van der Waals surface area contributed by atoms with E-state index >= 15 is 0 Å². The molecule has 18 heavy (non-hydrogen) atoms. The van der Waals surface area contributed by atoms with Crippen molar-refractivity contribution in [1.82, 2.24) is 4.90 Å². The topological polar surface area (TPSA) is 21.7 Å². The summed E-state index contributed by atoms with van der Waals surface area (Å²) in [6.07, 6.45) is 0.259. The minimum atomic E-state index is -0.305. The molecule has 1 aromatic rings. The summed E-state index contributed by atoms with van der Waals surface area (Å²) in [5, 5.41) is 0. The highest BCUT2D eigenvalue weighted by Gasteiger charge is 2.22. The molecule has 1 aromatic carbocycles. The molecule has 1 aliphatic heterocycles. The Morgan fingerprint density at radius 1 is 1.39 bits per heavy atom. The normalized spacial score (nSPS) is 25.1. The van der Waals surface area contributed by atoms with Crippen LogP contribution in [0.25, 0.3) is 0 Å². The standard InChI is InChI=1S/C14H20FNO2/c1-11-10-18-12(2)9-16(11)7-8-17-14-6-4-3-5-13(14)15/h3-6,11-12H,7-10H2,1-2H3. The summed E-state index contributed by atoms with van der Waals surface area (Å²) in [7, 11) is 0. The Kier molecular flexibility index (Phi) is 4.55. The highest BCUT2D eigenvalue weighted by atomic mass is 19.1. The van der Waals surface area contributed by atoms with Crippen LogP contribution in [0.5, 0.6) is 5.75 Å². The quantitative estimate of drug-likeness (QED) is 0.822. The molecule has 2 unspecified atom stereocenters. The summed E-state index contributed by atoms with van der Waals surface area (Å²) in [6, 6.07) is 6.90. The molecule has 0 N–H and O–H groups in total. The maximum atomic E-state index is 13.3. The summed E-state index contributed by atoms with van der Waals surface area (Å²) >= 11 is 0. The highest BCUT2D eigenvalue weighted by Crippen LogP contribution is 2.16. The lowest BCUT2D eigenvalue weighted by Crippen LogP contribution is -2.48. The molecule has 0 aromatic heterocycles. The molecular formula is C14H20FNO2. The van der Waals surface area contributed by atoms with Gasteiger partial charge in [0.1, 0.15) is 6.61 Å². The fourth-order valence-corrected chi connectivity index (χ4v) is 2.12. The van der Waals surface area contributed by atoms with Crippen molar-refractivity contribution in [3.05, 3.63) is 30.1 Å². The third-order valence-corrected chi connectivity index (χ3v) is 3.21. The van der Waals surface area contributed by atoms with Gasteiger partial charge in [0.05, 0.1) is 12.7 Å². The Balaban J connectivity index is 1.79. The third kappa shape index (κ3) is 3.43. The van der Waals surface area contributed by atoms with Crippen molar-refractivity contribution in [2.75, 3.05) is 26.3 Å². The SMILES string of the molecule is CC1CN(CCOc2ccccc2F)C(C)CO1. The fourth-order valence-electron chi connectivity index (χ4n) is 2.12. The number of nitrogens with zero attached hydrogens (tertiary/aromatic N) is 1. The Hall–Kier alpha value is -1.13. The molecule has 1 heterocycles. The van der Waals surface area contributed by atoms with E-state index in [1.807, 2.05) is 0 Å². The van der Waals surface area contributed by atoms with Gasteiger partial charge in [-0.05, 0) is 26.0 Å². The molecule has 0 saturated carbocycles. The van der Waals surface area contributed by atoms with Gasteiger partial charge in [0.25, 0.3) is 0 Å². The summed E-state index contributed by atoms with van der Waals surface area (Å²) in [6.45, 7) is 7.15. The minimum absolute atomic E-state index is 0.259. The van der Waals surface area contributed by atoms with Crippen molar-refractivity contribution >= 4 is 0 Å². The number of rotatable bonds is 4. The zero-order valence-corrected chi connectivity index (χ0v) is 10.9. The van der Waals surface area contributed by atoms with Crippen LogP contribution < -0.4 is 4.74 Å². The number of morpholine rings is 1. The van der Waals surface area contributed by atoms with Gasteiger partial charge in [-0.3, -0.25) is 4.90 Å². The Bertz CT molecular complexity index is 386. The van der Waals surface area contributed by atoms with Crippen LogP contribution in [0.4, 0.5) is 4.39 Å². The number of halogens is 1. The Morgan fingerprint density at radius 2 is 2.17 bits per heavy atom. The Labute approximate surface area is 107 Å². The van der Waals surface area contributed by atoms with E-state index in [4.69, 9.17) is 9.47 Å². The van der Waals surface area contributed by atoms with Crippen LogP contribution in [-0.2, 0) is 4.74 Å². The molecule has 100 valence electrons. The van der Waals surface area contributed by atoms with Gasteiger partial charge in [-0.1, -0.05) is 12.1 Å². The first-order valence-corrected chi connectivity index (χ1v) is 6.40. The summed E-state index contributed by atoms with van der Waals surface area (Å²) in [5.74, 6) is 0.0207. The van der Waals surface area contributed by atoms with Gasteiger partial charge in [0.15, 0.2) is 11.6 Å². The monoisotopic (exact) mass is 253 g/mol. The van der Waals surface area contributed by atoms with E-state index < -0.39 is 0 Å². The largest absolute Gasteiger partial charge is 0.489 e. The number of para-hydroxylation sites is 1. The highest BCUT2D eigenvalue weighted by molar-refractivity contribution is 5.23. The zero-order valence-electron chi connectivity index (χ0n) is 10.9. The maximum absolute atomic E-state index is 13.3. The zero-order chi connectivity index (χ0) is 13.0. The summed E-state index contributed by atoms with van der Waals surface area (Å²) in [4.78, 5) is 2.31. The van der Waals surface area contributed by atoms with Crippen LogP contribution in [0.2, 0.25) is 0 Å². The van der Waals surface area contributed by atoms with E-state index in [1.54, 1.807) is 18.2 Å². The van der Waals surface area contributed by atoms with Gasteiger partial charge >= 0.3 is 0 Å². The average molecular weight is 253 g/mol. The van der Waals surface area contributed by atoms with E-state index in [0.29, 0.717) is 18.4 Å². The molecule has 4 heteroatoms. The third-order valence-electron chi connectivity index (χ3n) is 3.21. The lowest BCUT2D eigenvalue weighted by atomic mass is 10.2. The van der Waals surface area contributed by atoms with Crippen LogP contribution >= 0.6 is 0 Å². The van der Waals surface area contributed by atoms with Gasteiger partial charge in [0.2, 0.25) is 0 Å². The number of ether oxygens (including phenoxy) is 2. The van der Waals surface area contributed by atoms with Crippen LogP contribution in [0.15, 0.2) is 24.3 Å². The lowest BCUT2D eigenvalue weighted by molar-refractivity contribution is -0.0523. The summed E-state index contributed by atoms with van der Waals surface area (Å²) in [5.41, 5.74) is 0. The van der Waals surface area contributed by atoms with Crippen molar-refractivity contribution in [2.24, 2.45) is 0 Å². The first-order valence-electron chi connectivity index (χ1n) is 6.40. The smallest absolute Gasteiger partial charge is 0.165 e. The van der Waals surface area contributed by atoms with Gasteiger partial charge in [-0.15, -0.1) is 0 Å². The van der Waals surface area contributed by atoms with Gasteiger partial charge in [-0.25, -0.2) is 4.39 Å². The van der Waals surface area contributed by atoms with E-state index in [0.717, 1.165) is 19.7 Å². The molecule has 2 atom stereocenters. The molecule has 0 bridgehead atoms. The van der Waals surface area contributed by atoms with E-state index in [1.165, 1.54) is 6.07 Å². The molecule has 0 radical (unpaired) electrons. The fraction of sp³-hybridized carbons (Fsp3) is 0.571. The maximum Gasteiger partial charge on any atom is 0.165 e. The molecule has 0 aliphatic carbocycles. The second-order valence-electron chi connectivity index (χ2n) is 4.77. The van der Waals surface area contributed by atoms with Crippen molar-refractivity contribution in [2.45, 2.75) is 26.0 Å². The first kappa shape index (κ1) is 13.3. The average Bonchev–Trinajstić information content (AvgIpc) is 2.36.